The first-order valence-corrected chi connectivity index (χ1v) is 7.16. The molecular weight excluding hydrogens is 279 g/mol. The van der Waals surface area contributed by atoms with Gasteiger partial charge in [0.2, 0.25) is 0 Å². The molecule has 1 aromatic carbocycles. The van der Waals surface area contributed by atoms with Crippen LogP contribution in [-0.2, 0) is 0 Å². The lowest BCUT2D eigenvalue weighted by atomic mass is 10.00. The van der Waals surface area contributed by atoms with E-state index < -0.39 is 12.1 Å². The molecule has 1 heterocycles. The van der Waals surface area contributed by atoms with Crippen molar-refractivity contribution < 1.29 is 13.2 Å². The minimum Gasteiger partial charge on any atom is -0.330 e. The molecular formula is C15H22F3N3. The van der Waals surface area contributed by atoms with Gasteiger partial charge in [0.25, 0.3) is 0 Å². The van der Waals surface area contributed by atoms with Crippen LogP contribution >= 0.6 is 0 Å². The Bertz CT molecular complexity index is 436. The number of rotatable bonds is 4. The van der Waals surface area contributed by atoms with E-state index in [0.29, 0.717) is 6.54 Å². The van der Waals surface area contributed by atoms with Crippen molar-refractivity contribution in [1.82, 2.24) is 9.80 Å². The molecule has 0 aromatic heterocycles. The van der Waals surface area contributed by atoms with Gasteiger partial charge in [-0.05, 0) is 12.6 Å². The van der Waals surface area contributed by atoms with E-state index in [1.807, 2.05) is 42.3 Å². The van der Waals surface area contributed by atoms with Crippen LogP contribution in [0.25, 0.3) is 0 Å². The number of hydrogen-bond acceptors (Lipinski definition) is 3. The average Bonchev–Trinajstić information content (AvgIpc) is 2.45. The summed E-state index contributed by atoms with van der Waals surface area (Å²) in [6.45, 7) is 1.74. The Hall–Kier alpha value is -1.11. The van der Waals surface area contributed by atoms with Gasteiger partial charge in [-0.3, -0.25) is 4.90 Å². The van der Waals surface area contributed by atoms with E-state index in [1.54, 1.807) is 0 Å². The monoisotopic (exact) mass is 301 g/mol. The van der Waals surface area contributed by atoms with Crippen LogP contribution in [-0.4, -0.2) is 55.7 Å². The SMILES string of the molecule is CN1CCN(CC(CN)C(F)(F)F)C(c2ccccc2)C1. The highest BCUT2D eigenvalue weighted by atomic mass is 19.4. The second-order valence-electron chi connectivity index (χ2n) is 5.66. The molecule has 3 nitrogen and oxygen atoms in total. The fourth-order valence-corrected chi connectivity index (χ4v) is 2.76. The summed E-state index contributed by atoms with van der Waals surface area (Å²) in [7, 11) is 2.00. The summed E-state index contributed by atoms with van der Waals surface area (Å²) in [5.74, 6) is -1.47. The van der Waals surface area contributed by atoms with E-state index in [2.05, 4.69) is 4.90 Å². The molecule has 0 aliphatic carbocycles. The number of benzene rings is 1. The molecule has 2 unspecified atom stereocenters. The van der Waals surface area contributed by atoms with E-state index in [9.17, 15) is 13.2 Å². The highest BCUT2D eigenvalue weighted by molar-refractivity contribution is 5.20. The van der Waals surface area contributed by atoms with Crippen molar-refractivity contribution in [2.75, 3.05) is 39.8 Å². The van der Waals surface area contributed by atoms with Gasteiger partial charge in [-0.2, -0.15) is 13.2 Å². The summed E-state index contributed by atoms with van der Waals surface area (Å²) in [4.78, 5) is 4.07. The third kappa shape index (κ3) is 4.18. The molecule has 2 N–H and O–H groups in total. The van der Waals surface area contributed by atoms with Crippen molar-refractivity contribution in [1.29, 1.82) is 0 Å². The van der Waals surface area contributed by atoms with Gasteiger partial charge in [0.05, 0.1) is 5.92 Å². The number of piperazine rings is 1. The highest BCUT2D eigenvalue weighted by Gasteiger charge is 2.41. The lowest BCUT2D eigenvalue weighted by Crippen LogP contribution is -2.50. The Morgan fingerprint density at radius 1 is 1.24 bits per heavy atom. The molecule has 1 fully saturated rings. The van der Waals surface area contributed by atoms with E-state index in [1.165, 1.54) is 0 Å². The fourth-order valence-electron chi connectivity index (χ4n) is 2.76. The molecule has 118 valence electrons. The van der Waals surface area contributed by atoms with Crippen molar-refractivity contribution >= 4 is 0 Å². The van der Waals surface area contributed by atoms with Crippen molar-refractivity contribution in [2.24, 2.45) is 11.7 Å². The van der Waals surface area contributed by atoms with Gasteiger partial charge in [0, 0.05) is 38.8 Å². The van der Waals surface area contributed by atoms with Gasteiger partial charge in [0.1, 0.15) is 0 Å². The standard InChI is InChI=1S/C15H22F3N3/c1-20-7-8-21(10-13(9-19)15(16,17)18)14(11-20)12-5-3-2-4-6-12/h2-6,13-14H,7-11,19H2,1H3. The highest BCUT2D eigenvalue weighted by Crippen LogP contribution is 2.31. The van der Waals surface area contributed by atoms with Gasteiger partial charge in [-0.1, -0.05) is 30.3 Å². The number of hydrogen-bond donors (Lipinski definition) is 1. The molecule has 0 amide bonds. The van der Waals surface area contributed by atoms with E-state index in [-0.39, 0.29) is 19.1 Å². The molecule has 6 heteroatoms. The number of alkyl halides is 3. The van der Waals surface area contributed by atoms with Gasteiger partial charge in [0.15, 0.2) is 0 Å². The smallest absolute Gasteiger partial charge is 0.330 e. The topological polar surface area (TPSA) is 32.5 Å². The minimum absolute atomic E-state index is 0.0126. The number of nitrogens with two attached hydrogens (primary N) is 1. The normalized spacial score (nSPS) is 23.2. The van der Waals surface area contributed by atoms with Crippen LogP contribution in [0.15, 0.2) is 30.3 Å². The number of nitrogens with zero attached hydrogens (tertiary/aromatic N) is 2. The fraction of sp³-hybridized carbons (Fsp3) is 0.600. The first-order valence-electron chi connectivity index (χ1n) is 7.16. The Balaban J connectivity index is 2.15. The summed E-state index contributed by atoms with van der Waals surface area (Å²) in [6, 6.07) is 9.70. The maximum atomic E-state index is 13.0. The van der Waals surface area contributed by atoms with Crippen LogP contribution in [0.1, 0.15) is 11.6 Å². The van der Waals surface area contributed by atoms with Gasteiger partial charge in [-0.25, -0.2) is 0 Å². The van der Waals surface area contributed by atoms with Gasteiger partial charge < -0.3 is 10.6 Å². The van der Waals surface area contributed by atoms with E-state index in [4.69, 9.17) is 5.73 Å². The molecule has 1 saturated heterocycles. The van der Waals surface area contributed by atoms with Crippen LogP contribution in [0.4, 0.5) is 13.2 Å². The molecule has 1 aromatic rings. The van der Waals surface area contributed by atoms with E-state index in [0.717, 1.165) is 18.7 Å². The van der Waals surface area contributed by atoms with Crippen LogP contribution < -0.4 is 5.73 Å². The van der Waals surface area contributed by atoms with Crippen LogP contribution in [0.5, 0.6) is 0 Å². The Morgan fingerprint density at radius 2 is 1.90 bits per heavy atom. The van der Waals surface area contributed by atoms with E-state index >= 15 is 0 Å². The van der Waals surface area contributed by atoms with Gasteiger partial charge >= 0.3 is 6.18 Å². The maximum Gasteiger partial charge on any atom is 0.394 e. The molecule has 0 spiro atoms. The van der Waals surface area contributed by atoms with Crippen molar-refractivity contribution in [3.05, 3.63) is 35.9 Å². The first kappa shape index (κ1) is 16.3. The lowest BCUT2D eigenvalue weighted by molar-refractivity contribution is -0.179. The molecule has 2 rings (SSSR count). The summed E-state index contributed by atoms with van der Waals surface area (Å²) in [5.41, 5.74) is 6.39. The van der Waals surface area contributed by atoms with Crippen molar-refractivity contribution in [3.8, 4) is 0 Å². The molecule has 1 aliphatic heterocycles. The van der Waals surface area contributed by atoms with Crippen LogP contribution in [0, 0.1) is 5.92 Å². The molecule has 21 heavy (non-hydrogen) atoms. The first-order chi connectivity index (χ1) is 9.91. The molecule has 1 aliphatic rings. The predicted octanol–water partition coefficient (Wildman–Crippen LogP) is 2.11. The number of likely N-dealkylation sites (N-methyl/N-ethyl adjacent to an activating group) is 1. The Kier molecular flexibility index (Phi) is 5.24. The third-order valence-corrected chi connectivity index (χ3v) is 4.08. The molecule has 0 bridgehead atoms. The maximum absolute atomic E-state index is 13.0. The molecule has 0 radical (unpaired) electrons. The average molecular weight is 301 g/mol. The van der Waals surface area contributed by atoms with Crippen LogP contribution in [0.3, 0.4) is 0 Å². The summed E-state index contributed by atoms with van der Waals surface area (Å²) in [6.07, 6.45) is -4.24. The molecule has 0 saturated carbocycles. The van der Waals surface area contributed by atoms with Crippen molar-refractivity contribution in [2.45, 2.75) is 12.2 Å². The molecule has 2 atom stereocenters. The van der Waals surface area contributed by atoms with Crippen molar-refractivity contribution in [3.63, 3.8) is 0 Å². The van der Waals surface area contributed by atoms with Crippen LogP contribution in [0.2, 0.25) is 0 Å². The largest absolute Gasteiger partial charge is 0.394 e. The summed E-state index contributed by atoms with van der Waals surface area (Å²) >= 11 is 0. The zero-order valence-electron chi connectivity index (χ0n) is 12.2. The van der Waals surface area contributed by atoms with Gasteiger partial charge in [-0.15, -0.1) is 0 Å². The minimum atomic E-state index is -4.24. The summed E-state index contributed by atoms with van der Waals surface area (Å²) in [5, 5.41) is 0. The quantitative estimate of drug-likeness (QED) is 0.924. The second-order valence-corrected chi connectivity index (χ2v) is 5.66. The zero-order valence-corrected chi connectivity index (χ0v) is 12.2. The second kappa shape index (κ2) is 6.77. The summed E-state index contributed by atoms with van der Waals surface area (Å²) < 4.78 is 38.9. The number of halogens is 3. The Labute approximate surface area is 123 Å². The third-order valence-electron chi connectivity index (χ3n) is 4.08. The zero-order chi connectivity index (χ0) is 15.5. The lowest BCUT2D eigenvalue weighted by Gasteiger charge is -2.42. The Morgan fingerprint density at radius 3 is 2.48 bits per heavy atom. The predicted molar refractivity (Wildman–Crippen MR) is 76.9 cm³/mol.